The molecular formula is C23H17NO5. The Balaban J connectivity index is 1.60. The van der Waals surface area contributed by atoms with Gasteiger partial charge in [0.15, 0.2) is 5.76 Å². The monoisotopic (exact) mass is 387 g/mol. The predicted octanol–water partition coefficient (Wildman–Crippen LogP) is 4.23. The van der Waals surface area contributed by atoms with Crippen LogP contribution in [0.2, 0.25) is 0 Å². The molecule has 0 saturated heterocycles. The number of pyridine rings is 1. The van der Waals surface area contributed by atoms with Gasteiger partial charge in [0, 0.05) is 18.0 Å². The first-order valence-electron chi connectivity index (χ1n) is 8.91. The summed E-state index contributed by atoms with van der Waals surface area (Å²) in [4.78, 5) is 29.2. The van der Waals surface area contributed by atoms with Gasteiger partial charge >= 0.3 is 5.97 Å². The number of nitrogens with zero attached hydrogens (tertiary/aromatic N) is 1. The van der Waals surface area contributed by atoms with Crippen molar-refractivity contribution >= 4 is 17.8 Å². The summed E-state index contributed by atoms with van der Waals surface area (Å²) in [5, 5.41) is 0. The smallest absolute Gasteiger partial charge is 0.343 e. The Hall–Kier alpha value is -3.93. The molecule has 144 valence electrons. The van der Waals surface area contributed by atoms with E-state index in [9.17, 15) is 9.59 Å². The van der Waals surface area contributed by atoms with Crippen LogP contribution in [0, 0.1) is 6.92 Å². The van der Waals surface area contributed by atoms with Crippen LogP contribution in [0.15, 0.2) is 66.7 Å². The highest BCUT2D eigenvalue weighted by atomic mass is 16.5. The molecular weight excluding hydrogens is 370 g/mol. The van der Waals surface area contributed by atoms with E-state index in [-0.39, 0.29) is 11.5 Å². The predicted molar refractivity (Wildman–Crippen MR) is 106 cm³/mol. The molecule has 0 N–H and O–H groups in total. The van der Waals surface area contributed by atoms with Crippen LogP contribution in [0.4, 0.5) is 0 Å². The molecule has 0 fully saturated rings. The van der Waals surface area contributed by atoms with E-state index in [0.29, 0.717) is 33.9 Å². The lowest BCUT2D eigenvalue weighted by Crippen LogP contribution is -2.09. The normalized spacial score (nSPS) is 13.7. The van der Waals surface area contributed by atoms with Gasteiger partial charge in [-0.05, 0) is 55.0 Å². The zero-order chi connectivity index (χ0) is 20.4. The van der Waals surface area contributed by atoms with Gasteiger partial charge in [0.2, 0.25) is 5.78 Å². The molecule has 0 unspecified atom stereocenters. The number of hydrogen-bond acceptors (Lipinski definition) is 6. The number of hydrogen-bond donors (Lipinski definition) is 0. The first-order valence-corrected chi connectivity index (χ1v) is 8.91. The molecule has 3 aromatic rings. The third-order valence-corrected chi connectivity index (χ3v) is 4.53. The maximum absolute atomic E-state index is 12.6. The lowest BCUT2D eigenvalue weighted by molar-refractivity contribution is 0.0732. The van der Waals surface area contributed by atoms with Crippen LogP contribution in [-0.4, -0.2) is 23.8 Å². The molecule has 6 nitrogen and oxygen atoms in total. The van der Waals surface area contributed by atoms with Gasteiger partial charge in [0.05, 0.1) is 18.2 Å². The maximum Gasteiger partial charge on any atom is 0.343 e. The number of carbonyl (C=O) groups is 2. The van der Waals surface area contributed by atoms with Crippen molar-refractivity contribution in [3.63, 3.8) is 0 Å². The molecule has 0 bridgehead atoms. The summed E-state index contributed by atoms with van der Waals surface area (Å²) in [6.07, 6.45) is 4.93. The number of ketones is 1. The van der Waals surface area contributed by atoms with Gasteiger partial charge in [0.25, 0.3) is 0 Å². The number of Topliss-reactive ketones (excluding diaryl/α,β-unsaturated/α-hetero) is 1. The first-order chi connectivity index (χ1) is 14.1. The van der Waals surface area contributed by atoms with Crippen LogP contribution in [0.3, 0.4) is 0 Å². The first kappa shape index (κ1) is 18.4. The Morgan fingerprint density at radius 1 is 1.14 bits per heavy atom. The second kappa shape index (κ2) is 7.59. The van der Waals surface area contributed by atoms with E-state index in [4.69, 9.17) is 14.2 Å². The molecule has 0 aliphatic carbocycles. The molecule has 1 aliphatic rings. The second-order valence-corrected chi connectivity index (χ2v) is 6.41. The van der Waals surface area contributed by atoms with Gasteiger partial charge in [-0.15, -0.1) is 0 Å². The summed E-state index contributed by atoms with van der Waals surface area (Å²) in [6.45, 7) is 1.74. The molecule has 0 saturated carbocycles. The molecule has 0 radical (unpaired) electrons. The number of esters is 1. The fourth-order valence-electron chi connectivity index (χ4n) is 3.00. The summed E-state index contributed by atoms with van der Waals surface area (Å²) >= 11 is 0. The maximum atomic E-state index is 12.6. The van der Waals surface area contributed by atoms with Crippen molar-refractivity contribution < 1.29 is 23.8 Å². The van der Waals surface area contributed by atoms with Gasteiger partial charge in [0.1, 0.15) is 17.2 Å². The summed E-state index contributed by atoms with van der Waals surface area (Å²) in [5.41, 5.74) is 2.12. The molecule has 29 heavy (non-hydrogen) atoms. The van der Waals surface area contributed by atoms with Crippen molar-refractivity contribution in [2.75, 3.05) is 7.11 Å². The molecule has 2 heterocycles. The number of ether oxygens (including phenoxy) is 3. The van der Waals surface area contributed by atoms with E-state index in [0.717, 1.165) is 5.56 Å². The number of methoxy groups -OCH3 is 1. The standard InChI is InChI=1S/C23H17NO5/c1-14-19(29-23(26)16-6-3-7-17(12-16)27-2)9-8-18-21(25)20(28-22(14)18)11-15-5-4-10-24-13-15/h3-13H,1-2H3/b20-11-. The van der Waals surface area contributed by atoms with Crippen molar-refractivity contribution in [3.8, 4) is 17.2 Å². The Morgan fingerprint density at radius 3 is 2.76 bits per heavy atom. The number of allylic oxidation sites excluding steroid dienone is 1. The van der Waals surface area contributed by atoms with E-state index >= 15 is 0 Å². The summed E-state index contributed by atoms with van der Waals surface area (Å²) in [5.74, 6) is 0.727. The zero-order valence-electron chi connectivity index (χ0n) is 15.8. The molecule has 1 aliphatic heterocycles. The minimum absolute atomic E-state index is 0.201. The number of rotatable bonds is 4. The number of carbonyl (C=O) groups excluding carboxylic acids is 2. The van der Waals surface area contributed by atoms with Crippen LogP contribution < -0.4 is 14.2 Å². The van der Waals surface area contributed by atoms with Gasteiger partial charge in [-0.3, -0.25) is 9.78 Å². The highest BCUT2D eigenvalue weighted by Crippen LogP contribution is 2.39. The zero-order valence-corrected chi connectivity index (χ0v) is 15.8. The van der Waals surface area contributed by atoms with E-state index in [1.165, 1.54) is 7.11 Å². The van der Waals surface area contributed by atoms with E-state index < -0.39 is 5.97 Å². The van der Waals surface area contributed by atoms with Gasteiger partial charge in [-0.25, -0.2) is 4.79 Å². The fourth-order valence-corrected chi connectivity index (χ4v) is 3.00. The Bertz CT molecular complexity index is 1140. The molecule has 0 atom stereocenters. The highest BCUT2D eigenvalue weighted by molar-refractivity contribution is 6.15. The van der Waals surface area contributed by atoms with Crippen molar-refractivity contribution in [2.45, 2.75) is 6.92 Å². The summed E-state index contributed by atoms with van der Waals surface area (Å²) in [6, 6.07) is 13.5. The molecule has 0 amide bonds. The third kappa shape index (κ3) is 3.60. The van der Waals surface area contributed by atoms with Crippen molar-refractivity contribution in [1.29, 1.82) is 0 Å². The largest absolute Gasteiger partial charge is 0.497 e. The molecule has 1 aromatic heterocycles. The average Bonchev–Trinajstić information content (AvgIpc) is 3.07. The highest BCUT2D eigenvalue weighted by Gasteiger charge is 2.30. The van der Waals surface area contributed by atoms with Crippen LogP contribution in [0.25, 0.3) is 6.08 Å². The Morgan fingerprint density at radius 2 is 2.00 bits per heavy atom. The van der Waals surface area contributed by atoms with Crippen LogP contribution in [0.5, 0.6) is 17.2 Å². The SMILES string of the molecule is COc1cccc(C(=O)Oc2ccc3c(c2C)O/C(=C\c2cccnc2)C3=O)c1. The van der Waals surface area contributed by atoms with Crippen LogP contribution in [0.1, 0.15) is 31.8 Å². The fraction of sp³-hybridized carbons (Fsp3) is 0.0870. The number of fused-ring (bicyclic) bond motifs is 1. The lowest BCUT2D eigenvalue weighted by Gasteiger charge is -2.10. The topological polar surface area (TPSA) is 74.7 Å². The summed E-state index contributed by atoms with van der Waals surface area (Å²) in [7, 11) is 1.53. The van der Waals surface area contributed by atoms with Crippen molar-refractivity contribution in [1.82, 2.24) is 4.98 Å². The molecule has 6 heteroatoms. The van der Waals surface area contributed by atoms with E-state index in [2.05, 4.69) is 4.98 Å². The molecule has 0 spiro atoms. The molecule has 2 aromatic carbocycles. The van der Waals surface area contributed by atoms with E-state index in [1.807, 2.05) is 6.07 Å². The van der Waals surface area contributed by atoms with Gasteiger partial charge < -0.3 is 14.2 Å². The minimum atomic E-state index is -0.526. The minimum Gasteiger partial charge on any atom is -0.497 e. The number of aromatic nitrogens is 1. The van der Waals surface area contributed by atoms with E-state index in [1.54, 1.807) is 67.9 Å². The average molecular weight is 387 g/mol. The third-order valence-electron chi connectivity index (χ3n) is 4.53. The second-order valence-electron chi connectivity index (χ2n) is 6.41. The molecule has 4 rings (SSSR count). The quantitative estimate of drug-likeness (QED) is 0.379. The van der Waals surface area contributed by atoms with Crippen molar-refractivity contribution in [3.05, 3.63) is 88.9 Å². The number of benzene rings is 2. The Kier molecular flexibility index (Phi) is 4.83. The van der Waals surface area contributed by atoms with Crippen LogP contribution >= 0.6 is 0 Å². The lowest BCUT2D eigenvalue weighted by atomic mass is 10.1. The van der Waals surface area contributed by atoms with Crippen molar-refractivity contribution in [2.24, 2.45) is 0 Å². The summed E-state index contributed by atoms with van der Waals surface area (Å²) < 4.78 is 16.5. The van der Waals surface area contributed by atoms with Crippen LogP contribution in [-0.2, 0) is 0 Å². The van der Waals surface area contributed by atoms with Gasteiger partial charge in [-0.2, -0.15) is 0 Å². The van der Waals surface area contributed by atoms with Gasteiger partial charge in [-0.1, -0.05) is 12.1 Å². The Labute approximate surface area is 167 Å².